The van der Waals surface area contributed by atoms with Gasteiger partial charge in [0, 0.05) is 12.2 Å². The van der Waals surface area contributed by atoms with Crippen molar-refractivity contribution in [3.63, 3.8) is 0 Å². The highest BCUT2D eigenvalue weighted by Crippen LogP contribution is 2.17. The number of anilines is 1. The molecular formula is C16H22N4O2. The number of carbonyl (C=O) groups is 1. The van der Waals surface area contributed by atoms with Gasteiger partial charge >= 0.3 is 6.03 Å². The van der Waals surface area contributed by atoms with Gasteiger partial charge in [-0.2, -0.15) is 0 Å². The molecule has 0 spiro atoms. The molecule has 0 fully saturated rings. The van der Waals surface area contributed by atoms with Crippen LogP contribution in [0.25, 0.3) is 0 Å². The van der Waals surface area contributed by atoms with E-state index in [1.54, 1.807) is 6.26 Å². The van der Waals surface area contributed by atoms with Crippen molar-refractivity contribution in [2.45, 2.75) is 19.9 Å². The molecule has 0 saturated carbocycles. The van der Waals surface area contributed by atoms with Crippen LogP contribution in [0.15, 0.2) is 34.9 Å². The summed E-state index contributed by atoms with van der Waals surface area (Å²) in [5.41, 5.74) is 1.93. The van der Waals surface area contributed by atoms with Gasteiger partial charge in [-0.3, -0.25) is 10.2 Å². The van der Waals surface area contributed by atoms with Gasteiger partial charge < -0.3 is 9.73 Å². The predicted octanol–water partition coefficient (Wildman–Crippen LogP) is 2.72. The van der Waals surface area contributed by atoms with E-state index in [0.29, 0.717) is 12.4 Å². The average Bonchev–Trinajstić information content (AvgIpc) is 2.91. The predicted molar refractivity (Wildman–Crippen MR) is 85.9 cm³/mol. The zero-order valence-electron chi connectivity index (χ0n) is 13.4. The number of aryl methyl sites for hydroxylation is 2. The van der Waals surface area contributed by atoms with Crippen LogP contribution in [0.2, 0.25) is 0 Å². The van der Waals surface area contributed by atoms with Crippen molar-refractivity contribution in [3.8, 4) is 0 Å². The number of amides is 2. The molecule has 2 aromatic heterocycles. The van der Waals surface area contributed by atoms with Crippen molar-refractivity contribution in [2.75, 3.05) is 26.0 Å². The Morgan fingerprint density at radius 2 is 2.14 bits per heavy atom. The molecule has 6 heteroatoms. The Kier molecular flexibility index (Phi) is 5.16. The molecule has 0 aliphatic carbocycles. The normalized spacial score (nSPS) is 12.2. The van der Waals surface area contributed by atoms with Crippen LogP contribution in [0.1, 0.15) is 23.1 Å². The highest BCUT2D eigenvalue weighted by atomic mass is 16.3. The molecule has 0 aliphatic rings. The number of pyridine rings is 1. The van der Waals surface area contributed by atoms with Crippen molar-refractivity contribution < 1.29 is 9.21 Å². The lowest BCUT2D eigenvalue weighted by molar-refractivity contribution is 0.233. The Labute approximate surface area is 130 Å². The van der Waals surface area contributed by atoms with Gasteiger partial charge in [-0.05, 0) is 57.8 Å². The van der Waals surface area contributed by atoms with E-state index in [2.05, 4.69) is 15.6 Å². The van der Waals surface area contributed by atoms with Crippen LogP contribution in [0.3, 0.4) is 0 Å². The largest absolute Gasteiger partial charge is 0.468 e. The Morgan fingerprint density at radius 3 is 2.73 bits per heavy atom. The molecule has 0 radical (unpaired) electrons. The van der Waals surface area contributed by atoms with Crippen LogP contribution in [-0.2, 0) is 0 Å². The maximum atomic E-state index is 12.0. The van der Waals surface area contributed by atoms with Crippen LogP contribution in [0.4, 0.5) is 10.6 Å². The van der Waals surface area contributed by atoms with Gasteiger partial charge in [-0.1, -0.05) is 0 Å². The zero-order chi connectivity index (χ0) is 16.1. The van der Waals surface area contributed by atoms with Crippen LogP contribution < -0.4 is 10.6 Å². The summed E-state index contributed by atoms with van der Waals surface area (Å²) < 4.78 is 5.41. The lowest BCUT2D eigenvalue weighted by Gasteiger charge is -2.22. The minimum atomic E-state index is -0.282. The maximum Gasteiger partial charge on any atom is 0.320 e. The van der Waals surface area contributed by atoms with Gasteiger partial charge in [0.25, 0.3) is 0 Å². The van der Waals surface area contributed by atoms with Crippen LogP contribution in [0.5, 0.6) is 0 Å². The first-order chi connectivity index (χ1) is 10.5. The van der Waals surface area contributed by atoms with Gasteiger partial charge in [0.05, 0.1) is 12.3 Å². The molecule has 1 atom stereocenters. The zero-order valence-corrected chi connectivity index (χ0v) is 13.4. The summed E-state index contributed by atoms with van der Waals surface area (Å²) in [4.78, 5) is 18.3. The Morgan fingerprint density at radius 1 is 1.36 bits per heavy atom. The fraction of sp³-hybridized carbons (Fsp3) is 0.375. The fourth-order valence-corrected chi connectivity index (χ4v) is 2.27. The monoisotopic (exact) mass is 302 g/mol. The smallest absolute Gasteiger partial charge is 0.320 e. The summed E-state index contributed by atoms with van der Waals surface area (Å²) in [6, 6.07) is 7.23. The molecule has 0 saturated heterocycles. The van der Waals surface area contributed by atoms with E-state index in [9.17, 15) is 4.79 Å². The molecule has 2 heterocycles. The Hall–Kier alpha value is -2.34. The molecule has 2 N–H and O–H groups in total. The van der Waals surface area contributed by atoms with E-state index < -0.39 is 0 Å². The van der Waals surface area contributed by atoms with Gasteiger partial charge in [-0.15, -0.1) is 0 Å². The Bertz CT molecular complexity index is 603. The third-order valence-electron chi connectivity index (χ3n) is 3.29. The van der Waals surface area contributed by atoms with Crippen molar-refractivity contribution in [3.05, 3.63) is 47.5 Å². The number of rotatable bonds is 5. The Balaban J connectivity index is 1.94. The third kappa shape index (κ3) is 4.33. The molecule has 2 amide bonds. The molecule has 2 rings (SSSR count). The molecule has 22 heavy (non-hydrogen) atoms. The second-order valence-corrected chi connectivity index (χ2v) is 5.50. The van der Waals surface area contributed by atoms with Crippen molar-refractivity contribution in [1.82, 2.24) is 15.2 Å². The number of nitrogens with one attached hydrogen (secondary N) is 2. The highest BCUT2D eigenvalue weighted by molar-refractivity contribution is 5.88. The maximum absolute atomic E-state index is 12.0. The summed E-state index contributed by atoms with van der Waals surface area (Å²) in [6.45, 7) is 4.31. The first-order valence-electron chi connectivity index (χ1n) is 7.15. The number of hydrogen-bond donors (Lipinski definition) is 2. The SMILES string of the molecule is Cc1cc(C)nc(NC(=O)NC[C@H](c2ccco2)N(C)C)c1. The summed E-state index contributed by atoms with van der Waals surface area (Å²) in [5, 5.41) is 5.60. The molecule has 2 aromatic rings. The second kappa shape index (κ2) is 7.09. The number of furan rings is 1. The van der Waals surface area contributed by atoms with Crippen LogP contribution in [-0.4, -0.2) is 36.6 Å². The average molecular weight is 302 g/mol. The minimum Gasteiger partial charge on any atom is -0.468 e. The molecule has 0 bridgehead atoms. The minimum absolute atomic E-state index is 0.0204. The highest BCUT2D eigenvalue weighted by Gasteiger charge is 2.17. The third-order valence-corrected chi connectivity index (χ3v) is 3.29. The number of aromatic nitrogens is 1. The van der Waals surface area contributed by atoms with Crippen LogP contribution >= 0.6 is 0 Å². The molecule has 0 unspecified atom stereocenters. The fourth-order valence-electron chi connectivity index (χ4n) is 2.27. The van der Waals surface area contributed by atoms with E-state index in [1.807, 2.05) is 57.1 Å². The van der Waals surface area contributed by atoms with Crippen molar-refractivity contribution in [1.29, 1.82) is 0 Å². The van der Waals surface area contributed by atoms with E-state index >= 15 is 0 Å². The lowest BCUT2D eigenvalue weighted by atomic mass is 10.2. The van der Waals surface area contributed by atoms with Crippen molar-refractivity contribution in [2.24, 2.45) is 0 Å². The van der Waals surface area contributed by atoms with E-state index in [-0.39, 0.29) is 12.1 Å². The second-order valence-electron chi connectivity index (χ2n) is 5.50. The van der Waals surface area contributed by atoms with E-state index in [1.165, 1.54) is 0 Å². The summed E-state index contributed by atoms with van der Waals surface area (Å²) in [7, 11) is 3.89. The number of likely N-dealkylation sites (N-methyl/N-ethyl adjacent to an activating group) is 1. The molecule has 0 aromatic carbocycles. The number of nitrogens with zero attached hydrogens (tertiary/aromatic N) is 2. The summed E-state index contributed by atoms with van der Waals surface area (Å²) in [5.74, 6) is 1.37. The first kappa shape index (κ1) is 16.0. The quantitative estimate of drug-likeness (QED) is 0.891. The van der Waals surface area contributed by atoms with Crippen molar-refractivity contribution >= 4 is 11.8 Å². The number of urea groups is 1. The van der Waals surface area contributed by atoms with Gasteiger partial charge in [0.2, 0.25) is 0 Å². The number of hydrogen-bond acceptors (Lipinski definition) is 4. The van der Waals surface area contributed by atoms with Gasteiger partial charge in [0.1, 0.15) is 11.6 Å². The lowest BCUT2D eigenvalue weighted by Crippen LogP contribution is -2.36. The molecule has 118 valence electrons. The number of carbonyl (C=O) groups excluding carboxylic acids is 1. The standard InChI is InChI=1S/C16H22N4O2/c1-11-8-12(2)18-15(9-11)19-16(21)17-10-13(20(3)4)14-6-5-7-22-14/h5-9,13H,10H2,1-4H3,(H2,17,18,19,21)/t13-/m1/s1. The summed E-state index contributed by atoms with van der Waals surface area (Å²) >= 11 is 0. The van der Waals surface area contributed by atoms with Gasteiger partial charge in [-0.25, -0.2) is 9.78 Å². The van der Waals surface area contributed by atoms with Crippen LogP contribution in [0, 0.1) is 13.8 Å². The topological polar surface area (TPSA) is 70.4 Å². The van der Waals surface area contributed by atoms with E-state index in [4.69, 9.17) is 4.42 Å². The molecule has 6 nitrogen and oxygen atoms in total. The molecule has 0 aliphatic heterocycles. The summed E-state index contributed by atoms with van der Waals surface area (Å²) in [6.07, 6.45) is 1.63. The molecular weight excluding hydrogens is 280 g/mol. The van der Waals surface area contributed by atoms with Gasteiger partial charge in [0.15, 0.2) is 0 Å². The first-order valence-corrected chi connectivity index (χ1v) is 7.15. The van der Waals surface area contributed by atoms with E-state index in [0.717, 1.165) is 17.0 Å².